The van der Waals surface area contributed by atoms with Crippen LogP contribution in [0.1, 0.15) is 25.3 Å². The second-order valence-electron chi connectivity index (χ2n) is 5.40. The summed E-state index contributed by atoms with van der Waals surface area (Å²) in [5, 5.41) is 0. The van der Waals surface area contributed by atoms with E-state index in [9.17, 15) is 4.79 Å². The van der Waals surface area contributed by atoms with Crippen LogP contribution in [0.4, 0.5) is 0 Å². The monoisotopic (exact) mass is 258 g/mol. The van der Waals surface area contributed by atoms with Crippen LogP contribution in [0.5, 0.6) is 0 Å². The Kier molecular flexibility index (Phi) is 5.34. The summed E-state index contributed by atoms with van der Waals surface area (Å²) >= 11 is 0. The zero-order valence-electron chi connectivity index (χ0n) is 11.5. The molecule has 0 saturated heterocycles. The highest BCUT2D eigenvalue weighted by Gasteiger charge is 2.18. The molecule has 1 aromatic carbocycles. The molecule has 0 aromatic heterocycles. The predicted octanol–water partition coefficient (Wildman–Crippen LogP) is 3.42. The highest BCUT2D eigenvalue weighted by molar-refractivity contribution is 5.82. The van der Waals surface area contributed by atoms with Gasteiger partial charge in [0.25, 0.3) is 0 Å². The Morgan fingerprint density at radius 1 is 1.21 bits per heavy atom. The van der Waals surface area contributed by atoms with Crippen molar-refractivity contribution in [2.45, 2.75) is 26.2 Å². The van der Waals surface area contributed by atoms with Crippen LogP contribution in [0.3, 0.4) is 0 Å². The van der Waals surface area contributed by atoms with E-state index in [0.717, 1.165) is 18.4 Å². The highest BCUT2D eigenvalue weighted by Crippen LogP contribution is 2.24. The lowest BCUT2D eigenvalue weighted by Gasteiger charge is -2.24. The van der Waals surface area contributed by atoms with Gasteiger partial charge in [-0.1, -0.05) is 49.4 Å². The van der Waals surface area contributed by atoms with Crippen molar-refractivity contribution in [2.24, 2.45) is 11.8 Å². The molecule has 2 nitrogen and oxygen atoms in total. The van der Waals surface area contributed by atoms with Gasteiger partial charge in [0, 0.05) is 6.42 Å². The fourth-order valence-corrected chi connectivity index (χ4v) is 2.44. The SMILES string of the molecule is CC1CC=CCC1COCC(=O)Cc1ccccc1. The summed E-state index contributed by atoms with van der Waals surface area (Å²) in [7, 11) is 0. The Balaban J connectivity index is 1.68. The standard InChI is InChI=1S/C17H22O2/c1-14-7-5-6-10-16(14)12-19-13-17(18)11-15-8-3-2-4-9-15/h2-6,8-9,14,16H,7,10-13H2,1H3. The van der Waals surface area contributed by atoms with Crippen LogP contribution in [0.15, 0.2) is 42.5 Å². The smallest absolute Gasteiger partial charge is 0.162 e. The number of allylic oxidation sites excluding steroid dienone is 2. The van der Waals surface area contributed by atoms with E-state index in [2.05, 4.69) is 19.1 Å². The molecule has 0 bridgehead atoms. The lowest BCUT2D eigenvalue weighted by Crippen LogP contribution is -2.22. The van der Waals surface area contributed by atoms with Gasteiger partial charge in [-0.3, -0.25) is 4.79 Å². The zero-order valence-corrected chi connectivity index (χ0v) is 11.5. The second-order valence-corrected chi connectivity index (χ2v) is 5.40. The Labute approximate surface area is 115 Å². The van der Waals surface area contributed by atoms with Crippen molar-refractivity contribution in [3.05, 3.63) is 48.0 Å². The molecule has 0 aliphatic heterocycles. The van der Waals surface area contributed by atoms with Crippen molar-refractivity contribution in [3.8, 4) is 0 Å². The van der Waals surface area contributed by atoms with Crippen molar-refractivity contribution < 1.29 is 9.53 Å². The van der Waals surface area contributed by atoms with Gasteiger partial charge in [0.2, 0.25) is 0 Å². The van der Waals surface area contributed by atoms with Crippen LogP contribution in [-0.4, -0.2) is 19.0 Å². The van der Waals surface area contributed by atoms with Gasteiger partial charge in [0.05, 0.1) is 6.61 Å². The molecule has 0 fully saturated rings. The maximum atomic E-state index is 11.8. The van der Waals surface area contributed by atoms with Gasteiger partial charge in [0.15, 0.2) is 5.78 Å². The lowest BCUT2D eigenvalue weighted by atomic mass is 9.85. The molecule has 1 aromatic rings. The Morgan fingerprint density at radius 3 is 2.68 bits per heavy atom. The van der Waals surface area contributed by atoms with Crippen molar-refractivity contribution in [3.63, 3.8) is 0 Å². The summed E-state index contributed by atoms with van der Waals surface area (Å²) in [6.45, 7) is 3.19. The molecule has 0 N–H and O–H groups in total. The van der Waals surface area contributed by atoms with Crippen LogP contribution < -0.4 is 0 Å². The van der Waals surface area contributed by atoms with E-state index in [0.29, 0.717) is 24.9 Å². The van der Waals surface area contributed by atoms with E-state index in [1.165, 1.54) is 0 Å². The van der Waals surface area contributed by atoms with Crippen molar-refractivity contribution in [1.29, 1.82) is 0 Å². The summed E-state index contributed by atoms with van der Waals surface area (Å²) in [4.78, 5) is 11.8. The average molecular weight is 258 g/mol. The first kappa shape index (κ1) is 14.0. The summed E-state index contributed by atoms with van der Waals surface area (Å²) in [5.74, 6) is 1.38. The third-order valence-electron chi connectivity index (χ3n) is 3.76. The molecule has 2 heteroatoms. The van der Waals surface area contributed by atoms with E-state index in [-0.39, 0.29) is 12.4 Å². The third-order valence-corrected chi connectivity index (χ3v) is 3.76. The van der Waals surface area contributed by atoms with E-state index in [4.69, 9.17) is 4.74 Å². The Morgan fingerprint density at radius 2 is 1.95 bits per heavy atom. The molecule has 0 saturated carbocycles. The fourth-order valence-electron chi connectivity index (χ4n) is 2.44. The van der Waals surface area contributed by atoms with Crippen molar-refractivity contribution in [1.82, 2.24) is 0 Å². The maximum Gasteiger partial charge on any atom is 0.162 e. The summed E-state index contributed by atoms with van der Waals surface area (Å²) < 4.78 is 5.59. The Bertz CT molecular complexity index is 422. The number of carbonyl (C=O) groups excluding carboxylic acids is 1. The van der Waals surface area contributed by atoms with Crippen LogP contribution >= 0.6 is 0 Å². The zero-order chi connectivity index (χ0) is 13.5. The van der Waals surface area contributed by atoms with Gasteiger partial charge in [0.1, 0.15) is 6.61 Å². The van der Waals surface area contributed by atoms with Crippen LogP contribution in [0.2, 0.25) is 0 Å². The number of Topliss-reactive ketones (excluding diaryl/α,β-unsaturated/α-hetero) is 1. The minimum absolute atomic E-state index is 0.158. The van der Waals surface area contributed by atoms with Gasteiger partial charge in [-0.2, -0.15) is 0 Å². The first-order chi connectivity index (χ1) is 9.25. The van der Waals surface area contributed by atoms with Gasteiger partial charge in [-0.15, -0.1) is 0 Å². The summed E-state index contributed by atoms with van der Waals surface area (Å²) in [6, 6.07) is 9.83. The van der Waals surface area contributed by atoms with Crippen LogP contribution in [0, 0.1) is 11.8 Å². The molecule has 2 rings (SSSR count). The molecule has 0 radical (unpaired) electrons. The highest BCUT2D eigenvalue weighted by atomic mass is 16.5. The predicted molar refractivity (Wildman–Crippen MR) is 77.0 cm³/mol. The molecule has 0 heterocycles. The topological polar surface area (TPSA) is 26.3 Å². The van der Waals surface area contributed by atoms with Gasteiger partial charge in [-0.05, 0) is 30.2 Å². The molecule has 1 aliphatic carbocycles. The molecule has 102 valence electrons. The number of benzene rings is 1. The molecule has 0 spiro atoms. The van der Waals surface area contributed by atoms with Crippen LogP contribution in [-0.2, 0) is 16.0 Å². The van der Waals surface area contributed by atoms with E-state index < -0.39 is 0 Å². The summed E-state index contributed by atoms with van der Waals surface area (Å²) in [6.07, 6.45) is 7.14. The number of ketones is 1. The lowest BCUT2D eigenvalue weighted by molar-refractivity contribution is -0.123. The van der Waals surface area contributed by atoms with Gasteiger partial charge < -0.3 is 4.74 Å². The fraction of sp³-hybridized carbons (Fsp3) is 0.471. The minimum atomic E-state index is 0.158. The van der Waals surface area contributed by atoms with Gasteiger partial charge >= 0.3 is 0 Å². The largest absolute Gasteiger partial charge is 0.373 e. The van der Waals surface area contributed by atoms with E-state index in [1.807, 2.05) is 30.3 Å². The molecule has 2 unspecified atom stereocenters. The summed E-state index contributed by atoms with van der Waals surface area (Å²) in [5.41, 5.74) is 1.06. The Hall–Kier alpha value is -1.41. The molecule has 1 aliphatic rings. The van der Waals surface area contributed by atoms with E-state index >= 15 is 0 Å². The second kappa shape index (κ2) is 7.25. The van der Waals surface area contributed by atoms with Gasteiger partial charge in [-0.25, -0.2) is 0 Å². The average Bonchev–Trinajstić information content (AvgIpc) is 2.42. The van der Waals surface area contributed by atoms with E-state index in [1.54, 1.807) is 0 Å². The molecule has 19 heavy (non-hydrogen) atoms. The van der Waals surface area contributed by atoms with Crippen molar-refractivity contribution >= 4 is 5.78 Å². The van der Waals surface area contributed by atoms with Crippen molar-refractivity contribution in [2.75, 3.05) is 13.2 Å². The number of hydrogen-bond donors (Lipinski definition) is 0. The third kappa shape index (κ3) is 4.64. The molecule has 2 atom stereocenters. The van der Waals surface area contributed by atoms with Crippen LogP contribution in [0.25, 0.3) is 0 Å². The molecular formula is C17H22O2. The quantitative estimate of drug-likeness (QED) is 0.731. The molecular weight excluding hydrogens is 236 g/mol. The first-order valence-electron chi connectivity index (χ1n) is 7.04. The number of carbonyl (C=O) groups is 1. The first-order valence-corrected chi connectivity index (χ1v) is 7.04. The maximum absolute atomic E-state index is 11.8. The molecule has 0 amide bonds. The number of ether oxygens (including phenoxy) is 1. The minimum Gasteiger partial charge on any atom is -0.373 e. The number of rotatable bonds is 6. The normalized spacial score (nSPS) is 22.4. The number of hydrogen-bond acceptors (Lipinski definition) is 2.